The molecule has 0 spiro atoms. The number of hydrogen-bond acceptors (Lipinski definition) is 2. The number of aryl methyl sites for hydroxylation is 1. The lowest BCUT2D eigenvalue weighted by Crippen LogP contribution is -2.10. The molecule has 1 heterocycles. The predicted molar refractivity (Wildman–Crippen MR) is 61.8 cm³/mol. The molecule has 2 saturated carbocycles. The van der Waals surface area contributed by atoms with Crippen molar-refractivity contribution in [3.05, 3.63) is 18.0 Å². The summed E-state index contributed by atoms with van der Waals surface area (Å²) in [5.74, 6) is 2.36. The van der Waals surface area contributed by atoms with E-state index in [1.807, 2.05) is 17.1 Å². The molecule has 1 N–H and O–H groups in total. The summed E-state index contributed by atoms with van der Waals surface area (Å²) in [6, 6.07) is 0. The Morgan fingerprint density at radius 3 is 2.88 bits per heavy atom. The van der Waals surface area contributed by atoms with Crippen LogP contribution >= 0.6 is 0 Å². The first-order valence-corrected chi connectivity index (χ1v) is 6.48. The highest BCUT2D eigenvalue weighted by Gasteiger charge is 2.47. The molecule has 3 rings (SSSR count). The molecular weight excluding hydrogens is 200 g/mol. The first kappa shape index (κ1) is 10.3. The number of rotatable bonds is 4. The van der Waals surface area contributed by atoms with Crippen LogP contribution in [0.1, 0.15) is 44.3 Å². The van der Waals surface area contributed by atoms with Gasteiger partial charge in [-0.1, -0.05) is 6.92 Å². The molecule has 3 unspecified atom stereocenters. The molecule has 3 nitrogen and oxygen atoms in total. The average molecular weight is 220 g/mol. The molecule has 0 aromatic carbocycles. The third-order valence-electron chi connectivity index (χ3n) is 4.17. The van der Waals surface area contributed by atoms with Crippen molar-refractivity contribution in [3.8, 4) is 0 Å². The van der Waals surface area contributed by atoms with Crippen molar-refractivity contribution in [1.82, 2.24) is 9.78 Å². The molecular formula is C13H20N2O. The van der Waals surface area contributed by atoms with E-state index in [2.05, 4.69) is 12.0 Å². The maximum Gasteiger partial charge on any atom is 0.0848 e. The number of fused-ring (bicyclic) bond motifs is 1. The van der Waals surface area contributed by atoms with Crippen LogP contribution < -0.4 is 0 Å². The fourth-order valence-electron chi connectivity index (χ4n) is 3.18. The highest BCUT2D eigenvalue weighted by molar-refractivity contribution is 5.12. The van der Waals surface area contributed by atoms with Crippen molar-refractivity contribution in [2.24, 2.45) is 17.8 Å². The van der Waals surface area contributed by atoms with Crippen molar-refractivity contribution in [2.45, 2.75) is 45.3 Å². The Balaban J connectivity index is 1.66. The molecule has 16 heavy (non-hydrogen) atoms. The molecule has 0 bridgehead atoms. The van der Waals surface area contributed by atoms with Gasteiger partial charge < -0.3 is 5.11 Å². The van der Waals surface area contributed by atoms with Gasteiger partial charge in [0.15, 0.2) is 0 Å². The average Bonchev–Trinajstić information content (AvgIpc) is 2.74. The van der Waals surface area contributed by atoms with Crippen molar-refractivity contribution in [3.63, 3.8) is 0 Å². The van der Waals surface area contributed by atoms with Crippen LogP contribution in [0.2, 0.25) is 0 Å². The van der Waals surface area contributed by atoms with E-state index in [0.29, 0.717) is 5.92 Å². The minimum atomic E-state index is -0.279. The summed E-state index contributed by atoms with van der Waals surface area (Å²) < 4.78 is 1.94. The molecule has 1 aromatic rings. The van der Waals surface area contributed by atoms with Crippen molar-refractivity contribution in [1.29, 1.82) is 0 Å². The monoisotopic (exact) mass is 220 g/mol. The Labute approximate surface area is 96.5 Å². The summed E-state index contributed by atoms with van der Waals surface area (Å²) >= 11 is 0. The van der Waals surface area contributed by atoms with Gasteiger partial charge in [0.05, 0.1) is 12.3 Å². The summed E-state index contributed by atoms with van der Waals surface area (Å²) in [5.41, 5.74) is 1.01. The lowest BCUT2D eigenvalue weighted by molar-refractivity contribution is 0.104. The van der Waals surface area contributed by atoms with E-state index in [-0.39, 0.29) is 6.10 Å². The van der Waals surface area contributed by atoms with E-state index in [1.54, 1.807) is 0 Å². The van der Waals surface area contributed by atoms with Gasteiger partial charge in [-0.2, -0.15) is 5.10 Å². The topological polar surface area (TPSA) is 38.0 Å². The first-order valence-electron chi connectivity index (χ1n) is 6.48. The van der Waals surface area contributed by atoms with Crippen molar-refractivity contribution < 1.29 is 5.11 Å². The molecule has 0 radical (unpaired) electrons. The number of aromatic nitrogens is 2. The van der Waals surface area contributed by atoms with Gasteiger partial charge in [-0.05, 0) is 43.4 Å². The zero-order valence-electron chi connectivity index (χ0n) is 9.84. The Morgan fingerprint density at radius 1 is 1.44 bits per heavy atom. The SMILES string of the molecule is CCCn1cc(C(O)C2CC3CC3C2)cn1. The Morgan fingerprint density at radius 2 is 2.19 bits per heavy atom. The molecule has 3 atom stereocenters. The predicted octanol–water partition coefficient (Wildman–Crippen LogP) is 2.37. The maximum absolute atomic E-state index is 10.3. The Kier molecular flexibility index (Phi) is 2.51. The minimum Gasteiger partial charge on any atom is -0.388 e. The molecule has 88 valence electrons. The Hall–Kier alpha value is -0.830. The fourth-order valence-corrected chi connectivity index (χ4v) is 3.18. The summed E-state index contributed by atoms with van der Waals surface area (Å²) in [7, 11) is 0. The first-order chi connectivity index (χ1) is 7.78. The summed E-state index contributed by atoms with van der Waals surface area (Å²) in [4.78, 5) is 0. The normalized spacial score (nSPS) is 33.8. The van der Waals surface area contributed by atoms with Crippen LogP contribution in [-0.2, 0) is 6.54 Å². The lowest BCUT2D eigenvalue weighted by Gasteiger charge is -2.17. The number of hydrogen-bond donors (Lipinski definition) is 1. The van der Waals surface area contributed by atoms with Gasteiger partial charge in [0.25, 0.3) is 0 Å². The molecule has 0 aliphatic heterocycles. The summed E-state index contributed by atoms with van der Waals surface area (Å²) in [6.07, 6.45) is 8.53. The highest BCUT2D eigenvalue weighted by atomic mass is 16.3. The van der Waals surface area contributed by atoms with Crippen LogP contribution in [0.3, 0.4) is 0 Å². The molecule has 0 saturated heterocycles. The zero-order valence-corrected chi connectivity index (χ0v) is 9.84. The second-order valence-corrected chi connectivity index (χ2v) is 5.47. The third kappa shape index (κ3) is 1.77. The third-order valence-corrected chi connectivity index (χ3v) is 4.17. The minimum absolute atomic E-state index is 0.279. The Bertz CT molecular complexity index is 364. The lowest BCUT2D eigenvalue weighted by atomic mass is 9.93. The fraction of sp³-hybridized carbons (Fsp3) is 0.769. The van der Waals surface area contributed by atoms with E-state index < -0.39 is 0 Å². The van der Waals surface area contributed by atoms with Gasteiger partial charge in [0, 0.05) is 18.3 Å². The van der Waals surface area contributed by atoms with Gasteiger partial charge >= 0.3 is 0 Å². The molecule has 2 aliphatic carbocycles. The highest BCUT2D eigenvalue weighted by Crippen LogP contribution is 2.57. The number of aliphatic hydroxyl groups is 1. The van der Waals surface area contributed by atoms with E-state index in [4.69, 9.17) is 0 Å². The smallest absolute Gasteiger partial charge is 0.0848 e. The van der Waals surface area contributed by atoms with E-state index >= 15 is 0 Å². The van der Waals surface area contributed by atoms with Crippen molar-refractivity contribution >= 4 is 0 Å². The second-order valence-electron chi connectivity index (χ2n) is 5.47. The molecule has 2 fully saturated rings. The van der Waals surface area contributed by atoms with Crippen LogP contribution in [-0.4, -0.2) is 14.9 Å². The van der Waals surface area contributed by atoms with Gasteiger partial charge in [-0.25, -0.2) is 0 Å². The van der Waals surface area contributed by atoms with Gasteiger partial charge in [-0.15, -0.1) is 0 Å². The number of aliphatic hydroxyl groups excluding tert-OH is 1. The van der Waals surface area contributed by atoms with Gasteiger partial charge in [0.1, 0.15) is 0 Å². The van der Waals surface area contributed by atoms with Crippen LogP contribution in [0.4, 0.5) is 0 Å². The largest absolute Gasteiger partial charge is 0.388 e. The van der Waals surface area contributed by atoms with Crippen LogP contribution in [0.15, 0.2) is 12.4 Å². The molecule has 2 aliphatic rings. The number of nitrogens with zero attached hydrogens (tertiary/aromatic N) is 2. The van der Waals surface area contributed by atoms with Crippen LogP contribution in [0.25, 0.3) is 0 Å². The van der Waals surface area contributed by atoms with E-state index in [1.165, 1.54) is 19.3 Å². The van der Waals surface area contributed by atoms with Crippen LogP contribution in [0, 0.1) is 17.8 Å². The van der Waals surface area contributed by atoms with Gasteiger partial charge in [-0.3, -0.25) is 4.68 Å². The van der Waals surface area contributed by atoms with E-state index in [0.717, 1.165) is 30.4 Å². The zero-order chi connectivity index (χ0) is 11.1. The molecule has 1 aromatic heterocycles. The molecule has 0 amide bonds. The maximum atomic E-state index is 10.3. The second kappa shape index (κ2) is 3.88. The quantitative estimate of drug-likeness (QED) is 0.846. The molecule has 3 heteroatoms. The van der Waals surface area contributed by atoms with Gasteiger partial charge in [0.2, 0.25) is 0 Å². The summed E-state index contributed by atoms with van der Waals surface area (Å²) in [5, 5.41) is 14.6. The standard InChI is InChI=1S/C13H20N2O/c1-2-3-15-8-12(7-14-15)13(16)11-5-9-4-10(9)6-11/h7-11,13,16H,2-6H2,1H3. The summed E-state index contributed by atoms with van der Waals surface area (Å²) in [6.45, 7) is 3.09. The van der Waals surface area contributed by atoms with Crippen LogP contribution in [0.5, 0.6) is 0 Å². The van der Waals surface area contributed by atoms with Crippen molar-refractivity contribution in [2.75, 3.05) is 0 Å². The van der Waals surface area contributed by atoms with E-state index in [9.17, 15) is 5.11 Å².